The summed E-state index contributed by atoms with van der Waals surface area (Å²) >= 11 is 0. The van der Waals surface area contributed by atoms with Gasteiger partial charge in [0, 0.05) is 34.2 Å². The normalized spacial score (nSPS) is 11.6. The van der Waals surface area contributed by atoms with Crippen LogP contribution in [0.5, 0.6) is 0 Å². The van der Waals surface area contributed by atoms with Gasteiger partial charge in [-0.15, -0.1) is 0 Å². The van der Waals surface area contributed by atoms with Crippen LogP contribution < -0.4 is 0 Å². The van der Waals surface area contributed by atoms with Crippen molar-refractivity contribution in [1.29, 1.82) is 0 Å². The lowest BCUT2D eigenvalue weighted by atomic mass is 10.1. The van der Waals surface area contributed by atoms with E-state index in [2.05, 4.69) is 99.0 Å². The smallest absolute Gasteiger partial charge is 0.0708 e. The van der Waals surface area contributed by atoms with Crippen molar-refractivity contribution in [2.24, 2.45) is 4.99 Å². The van der Waals surface area contributed by atoms with E-state index in [4.69, 9.17) is 4.99 Å². The molecular formula is C25H24N2. The van der Waals surface area contributed by atoms with E-state index in [0.717, 1.165) is 11.3 Å². The summed E-state index contributed by atoms with van der Waals surface area (Å²) in [5, 5.41) is 2.40. The Balaban J connectivity index is 1.75. The first-order valence-electron chi connectivity index (χ1n) is 9.33. The molecular weight excluding hydrogens is 328 g/mol. The van der Waals surface area contributed by atoms with Crippen LogP contribution in [0.25, 0.3) is 16.5 Å². The van der Waals surface area contributed by atoms with Gasteiger partial charge in [-0.25, -0.2) is 0 Å². The van der Waals surface area contributed by atoms with Gasteiger partial charge >= 0.3 is 0 Å². The molecule has 0 saturated carbocycles. The fraction of sp³-hybridized carbons (Fsp3) is 0.160. The first-order valence-corrected chi connectivity index (χ1v) is 9.33. The molecule has 0 amide bonds. The van der Waals surface area contributed by atoms with E-state index in [1.54, 1.807) is 0 Å². The minimum Gasteiger partial charge on any atom is -0.318 e. The molecule has 2 heteroatoms. The molecule has 0 radical (unpaired) electrons. The lowest BCUT2D eigenvalue weighted by molar-refractivity contribution is 0.961. The highest BCUT2D eigenvalue weighted by atomic mass is 15.0. The van der Waals surface area contributed by atoms with E-state index in [1.165, 1.54) is 39.0 Å². The third-order valence-electron chi connectivity index (χ3n) is 5.33. The van der Waals surface area contributed by atoms with Gasteiger partial charge in [-0.1, -0.05) is 42.5 Å². The summed E-state index contributed by atoms with van der Waals surface area (Å²) < 4.78 is 2.30. The van der Waals surface area contributed by atoms with Gasteiger partial charge in [0.1, 0.15) is 0 Å². The highest BCUT2D eigenvalue weighted by molar-refractivity contribution is 5.95. The maximum Gasteiger partial charge on any atom is 0.0708 e. The number of rotatable bonds is 3. The van der Waals surface area contributed by atoms with Crippen LogP contribution in [0.4, 0.5) is 5.69 Å². The van der Waals surface area contributed by atoms with Crippen molar-refractivity contribution in [2.75, 3.05) is 0 Å². The summed E-state index contributed by atoms with van der Waals surface area (Å²) in [5.74, 6) is 0. The van der Waals surface area contributed by atoms with Crippen molar-refractivity contribution < 1.29 is 0 Å². The molecule has 3 aromatic carbocycles. The van der Waals surface area contributed by atoms with Crippen LogP contribution in [0.2, 0.25) is 0 Å². The zero-order valence-electron chi connectivity index (χ0n) is 16.3. The number of fused-ring (bicyclic) bond motifs is 1. The standard InChI is InChI=1S/C25H24N2/c1-17-12-13-23(14-18(17)2)27-19(3)15-22(20(27)4)16-26-25-11-7-9-21-8-5-6-10-24(21)25/h5-16H,1-4H3. The first kappa shape index (κ1) is 17.3. The first-order chi connectivity index (χ1) is 13.0. The molecule has 0 aliphatic heterocycles. The molecule has 27 heavy (non-hydrogen) atoms. The molecule has 0 fully saturated rings. The van der Waals surface area contributed by atoms with Gasteiger partial charge in [0.05, 0.1) is 5.69 Å². The van der Waals surface area contributed by atoms with Crippen LogP contribution >= 0.6 is 0 Å². The van der Waals surface area contributed by atoms with E-state index < -0.39 is 0 Å². The lowest BCUT2D eigenvalue weighted by Crippen LogP contribution is -2.00. The van der Waals surface area contributed by atoms with Gasteiger partial charge in [-0.05, 0) is 68.5 Å². The van der Waals surface area contributed by atoms with Crippen LogP contribution in [-0.4, -0.2) is 10.8 Å². The molecule has 0 saturated heterocycles. The second-order valence-electron chi connectivity index (χ2n) is 7.19. The van der Waals surface area contributed by atoms with Crippen LogP contribution in [0, 0.1) is 27.7 Å². The van der Waals surface area contributed by atoms with Gasteiger partial charge in [0.15, 0.2) is 0 Å². The Kier molecular flexibility index (Phi) is 4.41. The Bertz CT molecular complexity index is 1160. The molecule has 2 nitrogen and oxygen atoms in total. The van der Waals surface area contributed by atoms with Crippen molar-refractivity contribution in [3.63, 3.8) is 0 Å². The van der Waals surface area contributed by atoms with E-state index in [0.29, 0.717) is 0 Å². The van der Waals surface area contributed by atoms with Gasteiger partial charge < -0.3 is 4.57 Å². The van der Waals surface area contributed by atoms with Crippen LogP contribution in [0.3, 0.4) is 0 Å². The number of aromatic nitrogens is 1. The van der Waals surface area contributed by atoms with Crippen molar-refractivity contribution in [3.05, 3.63) is 94.8 Å². The zero-order valence-corrected chi connectivity index (χ0v) is 16.3. The minimum atomic E-state index is 1.00. The molecule has 1 heterocycles. The molecule has 1 aromatic heterocycles. The topological polar surface area (TPSA) is 17.3 Å². The van der Waals surface area contributed by atoms with Gasteiger partial charge in [-0.3, -0.25) is 4.99 Å². The van der Waals surface area contributed by atoms with Crippen molar-refractivity contribution in [2.45, 2.75) is 27.7 Å². The largest absolute Gasteiger partial charge is 0.318 e. The SMILES string of the molecule is Cc1ccc(-n2c(C)cc(C=Nc3cccc4ccccc34)c2C)cc1C. The van der Waals surface area contributed by atoms with Crippen LogP contribution in [-0.2, 0) is 0 Å². The van der Waals surface area contributed by atoms with E-state index >= 15 is 0 Å². The number of aliphatic imine (C=N–C) groups is 1. The molecule has 4 rings (SSSR count). The van der Waals surface area contributed by atoms with Crippen molar-refractivity contribution in [3.8, 4) is 5.69 Å². The maximum atomic E-state index is 4.81. The number of nitrogens with zero attached hydrogens (tertiary/aromatic N) is 2. The predicted molar refractivity (Wildman–Crippen MR) is 116 cm³/mol. The zero-order chi connectivity index (χ0) is 19.0. The average Bonchev–Trinajstić information content (AvgIpc) is 2.96. The predicted octanol–water partition coefficient (Wildman–Crippen LogP) is 6.61. The molecule has 134 valence electrons. The lowest BCUT2D eigenvalue weighted by Gasteiger charge is -2.11. The molecule has 0 unspecified atom stereocenters. The third kappa shape index (κ3) is 3.19. The van der Waals surface area contributed by atoms with Gasteiger partial charge in [-0.2, -0.15) is 0 Å². The molecule has 4 aromatic rings. The molecule has 0 aliphatic carbocycles. The average molecular weight is 352 g/mol. The number of aryl methyl sites for hydroxylation is 3. The van der Waals surface area contributed by atoms with Gasteiger partial charge in [0.2, 0.25) is 0 Å². The van der Waals surface area contributed by atoms with Crippen molar-refractivity contribution >= 4 is 22.7 Å². The summed E-state index contributed by atoms with van der Waals surface area (Å²) in [6.07, 6.45) is 1.99. The monoisotopic (exact) mass is 352 g/mol. The van der Waals surface area contributed by atoms with Crippen LogP contribution in [0.15, 0.2) is 71.7 Å². The maximum absolute atomic E-state index is 4.81. The van der Waals surface area contributed by atoms with Crippen molar-refractivity contribution in [1.82, 2.24) is 4.57 Å². The Labute approximate surface area is 160 Å². The fourth-order valence-electron chi connectivity index (χ4n) is 3.64. The fourth-order valence-corrected chi connectivity index (χ4v) is 3.64. The third-order valence-corrected chi connectivity index (χ3v) is 5.33. The Morgan fingerprint density at radius 3 is 2.37 bits per heavy atom. The molecule has 0 bridgehead atoms. The Hall–Kier alpha value is -3.13. The summed E-state index contributed by atoms with van der Waals surface area (Å²) in [7, 11) is 0. The number of hydrogen-bond acceptors (Lipinski definition) is 1. The number of benzene rings is 3. The summed E-state index contributed by atoms with van der Waals surface area (Å²) in [6.45, 7) is 8.62. The highest BCUT2D eigenvalue weighted by Crippen LogP contribution is 2.26. The van der Waals surface area contributed by atoms with Gasteiger partial charge in [0.25, 0.3) is 0 Å². The quantitative estimate of drug-likeness (QED) is 0.369. The highest BCUT2D eigenvalue weighted by Gasteiger charge is 2.10. The Morgan fingerprint density at radius 2 is 1.56 bits per heavy atom. The van der Waals surface area contributed by atoms with E-state index in [9.17, 15) is 0 Å². The van der Waals surface area contributed by atoms with E-state index in [-0.39, 0.29) is 0 Å². The molecule has 0 spiro atoms. The molecule has 0 aliphatic rings. The second kappa shape index (κ2) is 6.88. The van der Waals surface area contributed by atoms with E-state index in [1.807, 2.05) is 6.21 Å². The minimum absolute atomic E-state index is 1.00. The molecule has 0 N–H and O–H groups in total. The van der Waals surface area contributed by atoms with Crippen LogP contribution in [0.1, 0.15) is 28.1 Å². The Morgan fingerprint density at radius 1 is 0.778 bits per heavy atom. The summed E-state index contributed by atoms with van der Waals surface area (Å²) in [4.78, 5) is 4.81. The second-order valence-corrected chi connectivity index (χ2v) is 7.19. The summed E-state index contributed by atoms with van der Waals surface area (Å²) in [6, 6.07) is 23.5. The summed E-state index contributed by atoms with van der Waals surface area (Å²) in [5.41, 5.74) is 8.42. The molecule has 0 atom stereocenters. The number of hydrogen-bond donors (Lipinski definition) is 0.